The van der Waals surface area contributed by atoms with E-state index in [2.05, 4.69) is 73.6 Å². The van der Waals surface area contributed by atoms with Crippen LogP contribution < -0.4 is 0 Å². The number of hydrogen-bond donors (Lipinski definition) is 0. The lowest BCUT2D eigenvalue weighted by atomic mass is 9.96. The first-order valence-electron chi connectivity index (χ1n) is 13.3. The van der Waals surface area contributed by atoms with Gasteiger partial charge in [-0.15, -0.1) is 0 Å². The molecule has 2 aliphatic heterocycles. The Bertz CT molecular complexity index is 1410. The molecule has 1 unspecified atom stereocenters. The van der Waals surface area contributed by atoms with Gasteiger partial charge in [-0.25, -0.2) is 4.68 Å². The molecule has 0 spiro atoms. The van der Waals surface area contributed by atoms with E-state index in [1.54, 1.807) is 0 Å². The van der Waals surface area contributed by atoms with E-state index in [0.717, 1.165) is 84.2 Å². The van der Waals surface area contributed by atoms with Crippen LogP contribution in [0.3, 0.4) is 0 Å². The molecule has 0 saturated carbocycles. The predicted octanol–water partition coefficient (Wildman–Crippen LogP) is 5.85. The predicted molar refractivity (Wildman–Crippen MR) is 147 cm³/mol. The lowest BCUT2D eigenvalue weighted by molar-refractivity contribution is -0.0365. The van der Waals surface area contributed by atoms with Gasteiger partial charge in [-0.05, 0) is 69.1 Å². The summed E-state index contributed by atoms with van der Waals surface area (Å²) < 4.78 is 8.19. The molecule has 1 amide bonds. The number of nitrogens with zero attached hydrogens (tertiary/aromatic N) is 4. The lowest BCUT2D eigenvalue weighted by Gasteiger charge is -2.23. The number of likely N-dealkylation sites (N-methyl/N-ethyl adjacent to an activating group) is 1. The summed E-state index contributed by atoms with van der Waals surface area (Å²) >= 11 is 0. The van der Waals surface area contributed by atoms with Crippen LogP contribution in [0, 0.1) is 0 Å². The third-order valence-corrected chi connectivity index (χ3v) is 7.83. The molecule has 0 N–H and O–H groups in total. The van der Waals surface area contributed by atoms with Crippen molar-refractivity contribution < 1.29 is 9.53 Å². The van der Waals surface area contributed by atoms with Gasteiger partial charge in [0.1, 0.15) is 5.69 Å². The number of benzene rings is 3. The van der Waals surface area contributed by atoms with Crippen molar-refractivity contribution >= 4 is 16.8 Å². The van der Waals surface area contributed by atoms with Gasteiger partial charge in [0.25, 0.3) is 5.91 Å². The molecule has 37 heavy (non-hydrogen) atoms. The zero-order valence-corrected chi connectivity index (χ0v) is 21.6. The fourth-order valence-corrected chi connectivity index (χ4v) is 5.70. The molecule has 0 bridgehead atoms. The number of fused-ring (bicyclic) bond motifs is 1. The molecule has 1 aromatic heterocycles. The Morgan fingerprint density at radius 1 is 0.946 bits per heavy atom. The number of ether oxygens (including phenoxy) is 1. The van der Waals surface area contributed by atoms with Crippen LogP contribution in [0.4, 0.5) is 0 Å². The van der Waals surface area contributed by atoms with Gasteiger partial charge < -0.3 is 14.5 Å². The largest absolute Gasteiger partial charge is 0.356 e. The fraction of sp³-hybridized carbons (Fsp3) is 0.355. The molecule has 2 saturated heterocycles. The second-order valence-corrected chi connectivity index (χ2v) is 10.4. The van der Waals surface area contributed by atoms with Gasteiger partial charge in [0, 0.05) is 42.3 Å². The zero-order chi connectivity index (χ0) is 25.4. The highest BCUT2D eigenvalue weighted by Crippen LogP contribution is 2.38. The van der Waals surface area contributed by atoms with Gasteiger partial charge >= 0.3 is 0 Å². The van der Waals surface area contributed by atoms with Gasteiger partial charge in [0.15, 0.2) is 6.23 Å². The van der Waals surface area contributed by atoms with Crippen LogP contribution in [0.25, 0.3) is 33.3 Å². The van der Waals surface area contributed by atoms with Crippen LogP contribution in [0.15, 0.2) is 72.8 Å². The van der Waals surface area contributed by atoms with Crippen molar-refractivity contribution in [1.29, 1.82) is 0 Å². The summed E-state index contributed by atoms with van der Waals surface area (Å²) in [6, 6.07) is 25.3. The SMILES string of the molecule is CN(C)[C@@H]1CCN(C(=O)c2ccc3c(c2)c(-c2ccccc2-c2ccccc2)nn3C2CCCCO2)C1. The Hall–Kier alpha value is -3.48. The molecule has 2 aliphatic rings. The summed E-state index contributed by atoms with van der Waals surface area (Å²) in [6.45, 7) is 2.31. The topological polar surface area (TPSA) is 50.6 Å². The van der Waals surface area contributed by atoms with E-state index < -0.39 is 0 Å². The Labute approximate surface area is 218 Å². The van der Waals surface area contributed by atoms with Gasteiger partial charge in [-0.1, -0.05) is 54.6 Å². The average Bonchev–Trinajstić information content (AvgIpc) is 3.59. The minimum atomic E-state index is -0.0881. The molecule has 0 radical (unpaired) electrons. The Morgan fingerprint density at radius 2 is 1.73 bits per heavy atom. The molecule has 6 nitrogen and oxygen atoms in total. The maximum atomic E-state index is 13.6. The second-order valence-electron chi connectivity index (χ2n) is 10.4. The molecular formula is C31H34N4O2. The summed E-state index contributed by atoms with van der Waals surface area (Å²) in [5, 5.41) is 6.16. The van der Waals surface area contributed by atoms with Crippen molar-refractivity contribution in [2.45, 2.75) is 38.0 Å². The highest BCUT2D eigenvalue weighted by molar-refractivity contribution is 6.03. The Kier molecular flexibility index (Phi) is 6.53. The third kappa shape index (κ3) is 4.56. The number of carbonyl (C=O) groups is 1. The molecular weight excluding hydrogens is 460 g/mol. The third-order valence-electron chi connectivity index (χ3n) is 7.83. The van der Waals surface area contributed by atoms with E-state index in [9.17, 15) is 4.79 Å². The molecule has 3 heterocycles. The molecule has 0 aliphatic carbocycles. The number of hydrogen-bond acceptors (Lipinski definition) is 4. The van der Waals surface area contributed by atoms with Crippen LogP contribution in [0.5, 0.6) is 0 Å². The number of likely N-dealkylation sites (tertiary alicyclic amines) is 1. The fourth-order valence-electron chi connectivity index (χ4n) is 5.70. The van der Waals surface area contributed by atoms with Gasteiger partial charge in [0.2, 0.25) is 0 Å². The van der Waals surface area contributed by atoms with Crippen LogP contribution in [0.1, 0.15) is 42.3 Å². The normalized spacial score (nSPS) is 20.1. The number of rotatable bonds is 5. The van der Waals surface area contributed by atoms with E-state index >= 15 is 0 Å². The number of amides is 1. The van der Waals surface area contributed by atoms with E-state index in [1.165, 1.54) is 0 Å². The Morgan fingerprint density at radius 3 is 2.46 bits per heavy atom. The van der Waals surface area contributed by atoms with Crippen molar-refractivity contribution in [2.75, 3.05) is 33.8 Å². The molecule has 4 aromatic rings. The van der Waals surface area contributed by atoms with E-state index in [4.69, 9.17) is 9.84 Å². The number of carbonyl (C=O) groups excluding carboxylic acids is 1. The average molecular weight is 495 g/mol. The van der Waals surface area contributed by atoms with Crippen molar-refractivity contribution in [2.24, 2.45) is 0 Å². The van der Waals surface area contributed by atoms with Crippen LogP contribution in [0.2, 0.25) is 0 Å². The molecule has 2 atom stereocenters. The summed E-state index contributed by atoms with van der Waals surface area (Å²) in [5.41, 5.74) is 5.96. The van der Waals surface area contributed by atoms with Crippen molar-refractivity contribution in [3.8, 4) is 22.4 Å². The second kappa shape index (κ2) is 10.1. The quantitative estimate of drug-likeness (QED) is 0.349. The van der Waals surface area contributed by atoms with E-state index in [-0.39, 0.29) is 12.1 Å². The lowest BCUT2D eigenvalue weighted by Crippen LogP contribution is -2.34. The van der Waals surface area contributed by atoms with E-state index in [0.29, 0.717) is 6.04 Å². The molecule has 6 heteroatoms. The number of aromatic nitrogens is 2. The van der Waals surface area contributed by atoms with Gasteiger partial charge in [-0.3, -0.25) is 4.79 Å². The van der Waals surface area contributed by atoms with Crippen LogP contribution in [-0.2, 0) is 4.74 Å². The molecule has 2 fully saturated rings. The van der Waals surface area contributed by atoms with Crippen LogP contribution >= 0.6 is 0 Å². The van der Waals surface area contributed by atoms with Gasteiger partial charge in [-0.2, -0.15) is 5.10 Å². The molecule has 190 valence electrons. The first kappa shape index (κ1) is 23.9. The summed E-state index contributed by atoms with van der Waals surface area (Å²) in [7, 11) is 4.17. The smallest absolute Gasteiger partial charge is 0.253 e. The van der Waals surface area contributed by atoms with Crippen LogP contribution in [-0.4, -0.2) is 65.3 Å². The molecule has 6 rings (SSSR count). The highest BCUT2D eigenvalue weighted by Gasteiger charge is 2.29. The summed E-state index contributed by atoms with van der Waals surface area (Å²) in [4.78, 5) is 17.8. The monoisotopic (exact) mass is 494 g/mol. The highest BCUT2D eigenvalue weighted by atomic mass is 16.5. The first-order valence-corrected chi connectivity index (χ1v) is 13.3. The van der Waals surface area contributed by atoms with Crippen molar-refractivity contribution in [3.05, 3.63) is 78.4 Å². The van der Waals surface area contributed by atoms with E-state index in [1.807, 2.05) is 27.8 Å². The zero-order valence-electron chi connectivity index (χ0n) is 21.6. The summed E-state index contributed by atoms with van der Waals surface area (Å²) in [6.07, 6.45) is 4.07. The first-order chi connectivity index (χ1) is 18.1. The maximum Gasteiger partial charge on any atom is 0.253 e. The van der Waals surface area contributed by atoms with Crippen molar-refractivity contribution in [1.82, 2.24) is 19.6 Å². The minimum absolute atomic E-state index is 0.0881. The molecule has 3 aromatic carbocycles. The standard InChI is InChI=1S/C31H34N4O2/c1-33(2)24-17-18-34(21-24)31(36)23-15-16-28-27(20-23)30(32-35(28)29-14-8-9-19-37-29)26-13-7-6-12-25(26)22-10-4-3-5-11-22/h3-7,10-13,15-16,20,24,29H,8-9,14,17-19,21H2,1-2H3/t24-,29?/m1/s1. The Balaban J connectivity index is 1.47. The van der Waals surface area contributed by atoms with Crippen molar-refractivity contribution in [3.63, 3.8) is 0 Å². The minimum Gasteiger partial charge on any atom is -0.356 e. The van der Waals surface area contributed by atoms with Gasteiger partial charge in [0.05, 0.1) is 5.52 Å². The maximum absolute atomic E-state index is 13.6. The summed E-state index contributed by atoms with van der Waals surface area (Å²) in [5.74, 6) is 0.0928.